The molecule has 0 unspecified atom stereocenters. The van der Waals surface area contributed by atoms with Crippen molar-refractivity contribution >= 4 is 63.9 Å². The summed E-state index contributed by atoms with van der Waals surface area (Å²) in [5.41, 5.74) is 0.440. The van der Waals surface area contributed by atoms with E-state index >= 15 is 0 Å². The second-order valence-corrected chi connectivity index (χ2v) is 10.7. The van der Waals surface area contributed by atoms with Gasteiger partial charge in [-0.2, -0.15) is 0 Å². The van der Waals surface area contributed by atoms with Crippen LogP contribution in [-0.2, 0) is 4.79 Å². The van der Waals surface area contributed by atoms with Crippen LogP contribution < -0.4 is 15.4 Å². The Morgan fingerprint density at radius 3 is 2.25 bits per heavy atom. The van der Waals surface area contributed by atoms with Gasteiger partial charge in [0.2, 0.25) is 5.91 Å². The first-order chi connectivity index (χ1) is 16.6. The predicted octanol–water partition coefficient (Wildman–Crippen LogP) is 6.95. The van der Waals surface area contributed by atoms with Crippen LogP contribution in [0.5, 0.6) is 5.75 Å². The maximum Gasteiger partial charge on any atom is 0.573 e. The van der Waals surface area contributed by atoms with Crippen molar-refractivity contribution in [3.05, 3.63) is 57.6 Å². The van der Waals surface area contributed by atoms with Gasteiger partial charge in [-0.1, -0.05) is 29.3 Å². The van der Waals surface area contributed by atoms with E-state index in [4.69, 9.17) is 46.4 Å². The number of anilines is 1. The van der Waals surface area contributed by atoms with Gasteiger partial charge in [-0.15, -0.1) is 36.4 Å². The van der Waals surface area contributed by atoms with Crippen molar-refractivity contribution in [1.29, 1.82) is 0 Å². The largest absolute Gasteiger partial charge is 0.573 e. The molecule has 2 aliphatic rings. The van der Waals surface area contributed by atoms with Crippen LogP contribution in [0.4, 0.5) is 27.6 Å². The first kappa shape index (κ1) is 27.0. The number of amides is 2. The minimum atomic E-state index is -4.94. The number of ether oxygens (including phenoxy) is 1. The van der Waals surface area contributed by atoms with Gasteiger partial charge in [0.05, 0.1) is 21.5 Å². The van der Waals surface area contributed by atoms with Gasteiger partial charge in [-0.25, -0.2) is 8.78 Å². The van der Waals surface area contributed by atoms with E-state index < -0.39 is 64.9 Å². The highest BCUT2D eigenvalue weighted by molar-refractivity contribution is 6.53. The first-order valence-electron chi connectivity index (χ1n) is 10.3. The molecule has 2 saturated carbocycles. The lowest BCUT2D eigenvalue weighted by molar-refractivity contribution is -0.274. The Bertz CT molecular complexity index is 1220. The summed E-state index contributed by atoms with van der Waals surface area (Å²) in [4.78, 5) is 25.3. The van der Waals surface area contributed by atoms with Gasteiger partial charge >= 0.3 is 6.36 Å². The molecule has 36 heavy (non-hydrogen) atoms. The van der Waals surface area contributed by atoms with Crippen LogP contribution in [0.1, 0.15) is 34.7 Å². The summed E-state index contributed by atoms with van der Waals surface area (Å²) in [6.07, 6.45) is -5.89. The van der Waals surface area contributed by atoms with E-state index in [1.54, 1.807) is 0 Å². The van der Waals surface area contributed by atoms with E-state index in [0.717, 1.165) is 6.07 Å². The lowest BCUT2D eigenvalue weighted by Gasteiger charge is -2.35. The summed E-state index contributed by atoms with van der Waals surface area (Å²) in [6, 6.07) is 6.77. The highest BCUT2D eigenvalue weighted by atomic mass is 35.5. The van der Waals surface area contributed by atoms with Crippen molar-refractivity contribution in [2.75, 3.05) is 5.32 Å². The molecule has 2 atom stereocenters. The highest BCUT2D eigenvalue weighted by Crippen LogP contribution is 2.65. The Kier molecular flexibility index (Phi) is 7.05. The summed E-state index contributed by atoms with van der Waals surface area (Å²) in [6.45, 7) is 0. The normalized spacial score (nSPS) is 22.4. The van der Waals surface area contributed by atoms with Crippen LogP contribution in [-0.4, -0.2) is 34.5 Å². The molecule has 4 rings (SSSR count). The Labute approximate surface area is 221 Å². The van der Waals surface area contributed by atoms with E-state index in [-0.39, 0.29) is 21.3 Å². The lowest BCUT2D eigenvalue weighted by atomic mass is 9.88. The second-order valence-electron chi connectivity index (χ2n) is 8.49. The van der Waals surface area contributed by atoms with E-state index in [2.05, 4.69) is 15.4 Å². The average Bonchev–Trinajstić information content (AvgIpc) is 3.30. The molecular weight excluding hydrogens is 577 g/mol. The monoisotopic (exact) mass is 590 g/mol. The van der Waals surface area contributed by atoms with Crippen molar-refractivity contribution in [2.24, 2.45) is 5.92 Å². The molecule has 2 aromatic rings. The topological polar surface area (TPSA) is 67.4 Å². The smallest absolute Gasteiger partial charge is 0.404 e. The third kappa shape index (κ3) is 5.77. The Balaban J connectivity index is 1.45. The molecule has 0 heterocycles. The van der Waals surface area contributed by atoms with Crippen molar-refractivity contribution in [3.8, 4) is 5.75 Å². The van der Waals surface area contributed by atoms with Crippen molar-refractivity contribution in [2.45, 2.75) is 41.4 Å². The molecule has 0 bridgehead atoms. The molecule has 0 saturated heterocycles. The predicted molar refractivity (Wildman–Crippen MR) is 124 cm³/mol. The lowest BCUT2D eigenvalue weighted by Crippen LogP contribution is -2.50. The zero-order chi connectivity index (χ0) is 26.6. The fourth-order valence-corrected chi connectivity index (χ4v) is 5.27. The summed E-state index contributed by atoms with van der Waals surface area (Å²) < 4.78 is 65.7. The minimum absolute atomic E-state index is 0.0351. The Morgan fingerprint density at radius 1 is 1.00 bits per heavy atom. The molecule has 0 aliphatic heterocycles. The molecule has 5 nitrogen and oxygen atoms in total. The number of hydrogen-bond donors (Lipinski definition) is 2. The van der Waals surface area contributed by atoms with Crippen molar-refractivity contribution < 1.29 is 36.3 Å². The molecule has 0 radical (unpaired) electrons. The van der Waals surface area contributed by atoms with Crippen molar-refractivity contribution in [1.82, 2.24) is 5.32 Å². The number of alkyl halides is 7. The number of rotatable bonds is 6. The number of carbonyl (C=O) groups is 2. The van der Waals surface area contributed by atoms with Crippen LogP contribution in [0.3, 0.4) is 0 Å². The van der Waals surface area contributed by atoms with Crippen LogP contribution in [0, 0.1) is 5.92 Å². The highest BCUT2D eigenvalue weighted by Gasteiger charge is 2.67. The van der Waals surface area contributed by atoms with E-state index in [1.165, 1.54) is 30.3 Å². The minimum Gasteiger partial charge on any atom is -0.404 e. The molecule has 2 amide bonds. The van der Waals surface area contributed by atoms with Gasteiger partial charge in [0.15, 0.2) is 0 Å². The van der Waals surface area contributed by atoms with Gasteiger partial charge in [-0.3, -0.25) is 9.59 Å². The SMILES string of the molecule is O=C(NC1CC(F)(F)C1)c1cc(NC(=O)[C@@H]2[C@@H](c3ccc(OC(F)(F)F)c(Cl)c3)C2(Cl)Cl)ccc1Cl. The second kappa shape index (κ2) is 9.38. The molecule has 0 spiro atoms. The zero-order valence-corrected chi connectivity index (χ0v) is 20.8. The maximum absolute atomic E-state index is 13.0. The van der Waals surface area contributed by atoms with Crippen LogP contribution >= 0.6 is 46.4 Å². The first-order valence-corrected chi connectivity index (χ1v) is 11.8. The van der Waals surface area contributed by atoms with Gasteiger partial charge in [0, 0.05) is 30.5 Å². The Hall–Kier alpha value is -2.01. The number of hydrogen-bond acceptors (Lipinski definition) is 3. The summed E-state index contributed by atoms with van der Waals surface area (Å²) in [5, 5.41) is 4.71. The van der Waals surface area contributed by atoms with Crippen LogP contribution in [0.25, 0.3) is 0 Å². The van der Waals surface area contributed by atoms with Crippen LogP contribution in [0.15, 0.2) is 36.4 Å². The molecule has 2 fully saturated rings. The summed E-state index contributed by atoms with van der Waals surface area (Å²) in [7, 11) is 0. The number of nitrogens with one attached hydrogen (secondary N) is 2. The van der Waals surface area contributed by atoms with E-state index in [1.807, 2.05) is 0 Å². The maximum atomic E-state index is 13.0. The Morgan fingerprint density at radius 2 is 1.67 bits per heavy atom. The fraction of sp³-hybridized carbons (Fsp3) is 0.364. The van der Waals surface area contributed by atoms with E-state index in [9.17, 15) is 31.5 Å². The molecule has 14 heteroatoms. The summed E-state index contributed by atoms with van der Waals surface area (Å²) >= 11 is 24.5. The molecule has 2 aliphatic carbocycles. The van der Waals surface area contributed by atoms with Gasteiger partial charge in [-0.05, 0) is 35.9 Å². The van der Waals surface area contributed by atoms with Gasteiger partial charge < -0.3 is 15.4 Å². The quantitative estimate of drug-likeness (QED) is 0.282. The number of carbonyl (C=O) groups excluding carboxylic acids is 2. The molecule has 194 valence electrons. The number of halogens is 9. The average molecular weight is 592 g/mol. The molecule has 2 N–H and O–H groups in total. The third-order valence-electron chi connectivity index (χ3n) is 5.78. The standard InChI is InChI=1S/C22H15Cl4F5N2O3/c23-13-3-2-10(6-12(13)18(34)33-11-7-20(27,28)8-11)32-19(35)17-16(21(17,25)26)9-1-4-15(14(24)5-9)36-22(29,30)31/h1-6,11,16-17H,7-8H2,(H,32,35)(H,33,34)/t16-,17+/m1/s1. The van der Waals surface area contributed by atoms with Gasteiger partial charge in [0.25, 0.3) is 11.8 Å². The van der Waals surface area contributed by atoms with Crippen molar-refractivity contribution in [3.63, 3.8) is 0 Å². The zero-order valence-electron chi connectivity index (χ0n) is 17.7. The summed E-state index contributed by atoms with van der Waals surface area (Å²) in [5.74, 6) is -6.55. The van der Waals surface area contributed by atoms with Gasteiger partial charge in [0.1, 0.15) is 10.1 Å². The third-order valence-corrected chi connectivity index (χ3v) is 7.35. The van der Waals surface area contributed by atoms with Crippen LogP contribution in [0.2, 0.25) is 10.0 Å². The molecule has 2 aromatic carbocycles. The molecular formula is C22H15Cl4F5N2O3. The fourth-order valence-electron chi connectivity index (χ4n) is 4.01. The molecule has 0 aromatic heterocycles. The number of benzene rings is 2. The van der Waals surface area contributed by atoms with E-state index in [0.29, 0.717) is 5.56 Å².